The average molecular weight is 554 g/mol. The molecule has 40 heavy (non-hydrogen) atoms. The van der Waals surface area contributed by atoms with Crippen molar-refractivity contribution in [2.45, 2.75) is 68.9 Å². The van der Waals surface area contributed by atoms with Gasteiger partial charge < -0.3 is 9.64 Å². The van der Waals surface area contributed by atoms with Crippen molar-refractivity contribution in [1.29, 1.82) is 10.5 Å². The van der Waals surface area contributed by atoms with Gasteiger partial charge in [0, 0.05) is 45.9 Å². The lowest BCUT2D eigenvalue weighted by atomic mass is 10.0. The van der Waals surface area contributed by atoms with Gasteiger partial charge in [-0.1, -0.05) is 23.9 Å². The number of piperidine rings is 1. The van der Waals surface area contributed by atoms with Crippen molar-refractivity contribution < 1.29 is 9.53 Å². The van der Waals surface area contributed by atoms with Crippen molar-refractivity contribution in [2.75, 3.05) is 13.1 Å². The average Bonchev–Trinajstić information content (AvgIpc) is 3.51. The van der Waals surface area contributed by atoms with Crippen LogP contribution in [0.15, 0.2) is 52.6 Å². The standard InChI is InChI=1S/C30H31N7O2S/c1-19-7-6-8-26(24(19)15-32)40-27-13-21(18-36-28(27)22(14-31)16-33-36)25-17-34-37(20(25)2)23-9-11-35(12-10-23)29(38)39-30(3,4)5/h6-8,13,16-18,23H,9-12H2,1-5H3. The maximum atomic E-state index is 12.5. The van der Waals surface area contributed by atoms with Crippen molar-refractivity contribution >= 4 is 23.4 Å². The third kappa shape index (κ3) is 5.28. The molecule has 1 amide bonds. The summed E-state index contributed by atoms with van der Waals surface area (Å²) in [5.74, 6) is 0. The summed E-state index contributed by atoms with van der Waals surface area (Å²) in [6, 6.07) is 12.6. The number of rotatable bonds is 4. The van der Waals surface area contributed by atoms with Crippen LogP contribution in [0.2, 0.25) is 0 Å². The number of carbonyl (C=O) groups excluding carboxylic acids is 1. The Morgan fingerprint density at radius 2 is 1.82 bits per heavy atom. The first kappa shape index (κ1) is 27.3. The first-order valence-corrected chi connectivity index (χ1v) is 14.0. The SMILES string of the molecule is Cc1cccc(Sc2cc(-c3cnn(C4CCN(C(=O)OC(C)(C)C)CC4)c3C)cn3ncc(C#N)c23)c1C#N. The fourth-order valence-electron chi connectivity index (χ4n) is 5.07. The number of carbonyl (C=O) groups is 1. The van der Waals surface area contributed by atoms with E-state index >= 15 is 0 Å². The smallest absolute Gasteiger partial charge is 0.410 e. The highest BCUT2D eigenvalue weighted by Gasteiger charge is 2.29. The molecule has 4 heterocycles. The molecule has 204 valence electrons. The minimum atomic E-state index is -0.516. The number of amides is 1. The van der Waals surface area contributed by atoms with E-state index in [4.69, 9.17) is 9.84 Å². The second-order valence-corrected chi connectivity index (χ2v) is 12.1. The number of aromatic nitrogens is 4. The molecule has 1 fully saturated rings. The molecule has 0 N–H and O–H groups in total. The fourth-order valence-corrected chi connectivity index (χ4v) is 6.25. The predicted molar refractivity (Wildman–Crippen MR) is 152 cm³/mol. The Labute approximate surface area is 238 Å². The Hall–Kier alpha value is -4.28. The second kappa shape index (κ2) is 10.7. The number of aryl methyl sites for hydroxylation is 1. The molecule has 3 aromatic heterocycles. The zero-order valence-corrected chi connectivity index (χ0v) is 24.1. The van der Waals surface area contributed by atoms with Gasteiger partial charge in [0.15, 0.2) is 0 Å². The summed E-state index contributed by atoms with van der Waals surface area (Å²) in [6.45, 7) is 10.8. The van der Waals surface area contributed by atoms with Gasteiger partial charge >= 0.3 is 6.09 Å². The molecule has 10 heteroatoms. The summed E-state index contributed by atoms with van der Waals surface area (Å²) in [4.78, 5) is 15.9. The Balaban J connectivity index is 1.45. The number of pyridine rings is 1. The number of hydrogen-bond donors (Lipinski definition) is 0. The largest absolute Gasteiger partial charge is 0.444 e. The molecule has 0 saturated carbocycles. The van der Waals surface area contributed by atoms with Crippen LogP contribution in [0.4, 0.5) is 4.79 Å². The van der Waals surface area contributed by atoms with E-state index in [1.165, 1.54) is 11.8 Å². The molecular weight excluding hydrogens is 522 g/mol. The lowest BCUT2D eigenvalue weighted by Gasteiger charge is -2.33. The summed E-state index contributed by atoms with van der Waals surface area (Å²) in [6.07, 6.45) is 6.66. The summed E-state index contributed by atoms with van der Waals surface area (Å²) in [7, 11) is 0. The van der Waals surface area contributed by atoms with E-state index in [1.54, 1.807) is 15.6 Å². The molecule has 0 aliphatic carbocycles. The van der Waals surface area contributed by atoms with Crippen LogP contribution in [0.1, 0.15) is 62.0 Å². The second-order valence-electron chi connectivity index (χ2n) is 11.0. The molecule has 0 atom stereocenters. The summed E-state index contributed by atoms with van der Waals surface area (Å²) in [5.41, 5.74) is 5.11. The summed E-state index contributed by atoms with van der Waals surface area (Å²) in [5, 5.41) is 28.7. The molecule has 9 nitrogen and oxygen atoms in total. The topological polar surface area (TPSA) is 112 Å². The first-order valence-electron chi connectivity index (χ1n) is 13.2. The van der Waals surface area contributed by atoms with Gasteiger partial charge in [0.05, 0.1) is 35.1 Å². The monoisotopic (exact) mass is 553 g/mol. The molecule has 0 bridgehead atoms. The van der Waals surface area contributed by atoms with Crippen LogP contribution in [0, 0.1) is 36.5 Å². The Morgan fingerprint density at radius 3 is 2.50 bits per heavy atom. The fraction of sp³-hybridized carbons (Fsp3) is 0.367. The molecule has 5 rings (SSSR count). The zero-order valence-electron chi connectivity index (χ0n) is 23.3. The molecule has 0 spiro atoms. The van der Waals surface area contributed by atoms with E-state index in [2.05, 4.69) is 28.8 Å². The number of fused-ring (bicyclic) bond motifs is 1. The van der Waals surface area contributed by atoms with E-state index in [-0.39, 0.29) is 12.1 Å². The van der Waals surface area contributed by atoms with Crippen molar-refractivity contribution in [2.24, 2.45) is 0 Å². The molecule has 0 radical (unpaired) electrons. The number of nitriles is 2. The number of hydrogen-bond acceptors (Lipinski definition) is 7. The maximum Gasteiger partial charge on any atom is 0.410 e. The number of ether oxygens (including phenoxy) is 1. The van der Waals surface area contributed by atoms with Crippen molar-refractivity contribution in [1.82, 2.24) is 24.3 Å². The van der Waals surface area contributed by atoms with Gasteiger partial charge in [-0.05, 0) is 65.2 Å². The Morgan fingerprint density at radius 1 is 1.07 bits per heavy atom. The summed E-state index contributed by atoms with van der Waals surface area (Å²) >= 11 is 1.46. The van der Waals surface area contributed by atoms with Gasteiger partial charge in [-0.2, -0.15) is 20.7 Å². The third-order valence-electron chi connectivity index (χ3n) is 7.08. The number of nitrogens with zero attached hydrogens (tertiary/aromatic N) is 7. The van der Waals surface area contributed by atoms with E-state index < -0.39 is 5.60 Å². The summed E-state index contributed by atoms with van der Waals surface area (Å²) < 4.78 is 9.32. The number of likely N-dealkylation sites (tertiary alicyclic amines) is 1. The van der Waals surface area contributed by atoms with E-state index in [0.29, 0.717) is 29.7 Å². The van der Waals surface area contributed by atoms with Crippen molar-refractivity contribution in [3.05, 3.63) is 65.2 Å². The third-order valence-corrected chi connectivity index (χ3v) is 8.17. The number of benzene rings is 1. The van der Waals surface area contributed by atoms with Gasteiger partial charge in [0.2, 0.25) is 0 Å². The van der Waals surface area contributed by atoms with Gasteiger partial charge in [-0.3, -0.25) is 4.68 Å². The normalized spacial score (nSPS) is 14.2. The Kier molecular flexibility index (Phi) is 7.31. The first-order chi connectivity index (χ1) is 19.1. The van der Waals surface area contributed by atoms with Crippen LogP contribution in [-0.2, 0) is 4.74 Å². The van der Waals surface area contributed by atoms with Crippen LogP contribution < -0.4 is 0 Å². The molecule has 1 aromatic carbocycles. The molecular formula is C30H31N7O2S. The van der Waals surface area contributed by atoms with Gasteiger partial charge in [-0.25, -0.2) is 9.31 Å². The van der Waals surface area contributed by atoms with Crippen molar-refractivity contribution in [3.8, 4) is 23.3 Å². The molecule has 1 saturated heterocycles. The Bertz CT molecular complexity index is 1680. The van der Waals surface area contributed by atoms with Crippen LogP contribution in [0.3, 0.4) is 0 Å². The van der Waals surface area contributed by atoms with E-state index in [0.717, 1.165) is 45.0 Å². The lowest BCUT2D eigenvalue weighted by Crippen LogP contribution is -2.42. The van der Waals surface area contributed by atoms with E-state index in [9.17, 15) is 15.3 Å². The predicted octanol–water partition coefficient (Wildman–Crippen LogP) is 6.28. The highest BCUT2D eigenvalue weighted by atomic mass is 32.2. The highest BCUT2D eigenvalue weighted by Crippen LogP contribution is 2.39. The molecule has 1 aliphatic rings. The van der Waals surface area contributed by atoms with Crippen LogP contribution in [0.25, 0.3) is 16.6 Å². The van der Waals surface area contributed by atoms with E-state index in [1.807, 2.05) is 64.4 Å². The van der Waals surface area contributed by atoms with Crippen LogP contribution >= 0.6 is 11.8 Å². The minimum Gasteiger partial charge on any atom is -0.444 e. The molecule has 4 aromatic rings. The van der Waals surface area contributed by atoms with Crippen LogP contribution in [0.5, 0.6) is 0 Å². The quantitative estimate of drug-likeness (QED) is 0.292. The van der Waals surface area contributed by atoms with Gasteiger partial charge in [0.25, 0.3) is 0 Å². The van der Waals surface area contributed by atoms with Crippen LogP contribution in [-0.4, -0.2) is 49.1 Å². The highest BCUT2D eigenvalue weighted by molar-refractivity contribution is 7.99. The molecule has 1 aliphatic heterocycles. The lowest BCUT2D eigenvalue weighted by molar-refractivity contribution is 0.0184. The zero-order chi connectivity index (χ0) is 28.6. The maximum absolute atomic E-state index is 12.5. The minimum absolute atomic E-state index is 0.172. The van der Waals surface area contributed by atoms with Gasteiger partial charge in [-0.15, -0.1) is 0 Å². The molecule has 0 unspecified atom stereocenters. The van der Waals surface area contributed by atoms with Crippen molar-refractivity contribution in [3.63, 3.8) is 0 Å². The van der Waals surface area contributed by atoms with Gasteiger partial charge in [0.1, 0.15) is 17.7 Å².